The van der Waals surface area contributed by atoms with Gasteiger partial charge in [0.25, 0.3) is 5.91 Å². The van der Waals surface area contributed by atoms with Crippen LogP contribution in [-0.2, 0) is 11.2 Å². The van der Waals surface area contributed by atoms with Gasteiger partial charge in [-0.05, 0) is 12.0 Å². The molecule has 5 nitrogen and oxygen atoms in total. The van der Waals surface area contributed by atoms with Gasteiger partial charge in [-0.15, -0.1) is 0 Å². The maximum atomic E-state index is 11.6. The molecule has 0 aliphatic carbocycles. The Bertz CT molecular complexity index is 480. The summed E-state index contributed by atoms with van der Waals surface area (Å²) in [5.41, 5.74) is 11.6. The Morgan fingerprint density at radius 2 is 2.06 bits per heavy atom. The molecule has 1 aromatic carbocycles. The summed E-state index contributed by atoms with van der Waals surface area (Å²) in [6.07, 6.45) is 0.636. The first-order chi connectivity index (χ1) is 8.15. The lowest BCUT2D eigenvalue weighted by Crippen LogP contribution is -2.23. The largest absolute Gasteiger partial charge is 0.370 e. The molecular weight excluding hydrogens is 236 g/mol. The highest BCUT2D eigenvalue weighted by Gasteiger charge is 2.28. The quantitative estimate of drug-likeness (QED) is 0.588. The van der Waals surface area contributed by atoms with Gasteiger partial charge in [-0.2, -0.15) is 9.98 Å². The maximum absolute atomic E-state index is 11.6. The van der Waals surface area contributed by atoms with Gasteiger partial charge in [0.15, 0.2) is 11.1 Å². The molecule has 0 saturated carbocycles. The third-order valence-electron chi connectivity index (χ3n) is 2.22. The highest BCUT2D eigenvalue weighted by molar-refractivity contribution is 8.15. The zero-order valence-electron chi connectivity index (χ0n) is 9.04. The van der Waals surface area contributed by atoms with Crippen LogP contribution in [0.2, 0.25) is 0 Å². The fraction of sp³-hybridized carbons (Fsp3) is 0.182. The van der Waals surface area contributed by atoms with Crippen LogP contribution in [0.25, 0.3) is 0 Å². The highest BCUT2D eigenvalue weighted by Crippen LogP contribution is 2.26. The molecule has 0 fully saturated rings. The van der Waals surface area contributed by atoms with E-state index >= 15 is 0 Å². The number of amidine groups is 1. The molecule has 0 unspecified atom stereocenters. The van der Waals surface area contributed by atoms with Crippen LogP contribution in [0.3, 0.4) is 0 Å². The first-order valence-corrected chi connectivity index (χ1v) is 5.96. The van der Waals surface area contributed by atoms with Gasteiger partial charge >= 0.3 is 0 Å². The summed E-state index contributed by atoms with van der Waals surface area (Å²) in [6.45, 7) is 0. The molecule has 1 aliphatic rings. The third-order valence-corrected chi connectivity index (χ3v) is 3.26. The van der Waals surface area contributed by atoms with Gasteiger partial charge in [0.2, 0.25) is 0 Å². The molecule has 1 atom stereocenters. The van der Waals surface area contributed by atoms with Gasteiger partial charge in [-0.3, -0.25) is 4.79 Å². The number of carbonyl (C=O) groups excluding carboxylic acids is 1. The van der Waals surface area contributed by atoms with Gasteiger partial charge in [-0.25, -0.2) is 0 Å². The first-order valence-electron chi connectivity index (χ1n) is 5.08. The Morgan fingerprint density at radius 1 is 1.35 bits per heavy atom. The van der Waals surface area contributed by atoms with E-state index in [0.29, 0.717) is 11.6 Å². The van der Waals surface area contributed by atoms with E-state index < -0.39 is 0 Å². The minimum atomic E-state index is -0.226. The highest BCUT2D eigenvalue weighted by atomic mass is 32.2. The van der Waals surface area contributed by atoms with Crippen molar-refractivity contribution in [3.63, 3.8) is 0 Å². The number of aliphatic imine (C=N–C) groups is 2. The second-order valence-electron chi connectivity index (χ2n) is 3.57. The zero-order valence-corrected chi connectivity index (χ0v) is 9.85. The molecule has 0 bridgehead atoms. The molecule has 2 rings (SSSR count). The molecule has 1 aliphatic heterocycles. The number of guanidine groups is 1. The summed E-state index contributed by atoms with van der Waals surface area (Å²) in [4.78, 5) is 19.2. The number of nitrogens with zero attached hydrogens (tertiary/aromatic N) is 2. The van der Waals surface area contributed by atoms with Crippen LogP contribution < -0.4 is 11.5 Å². The van der Waals surface area contributed by atoms with Crippen LogP contribution in [-0.4, -0.2) is 22.3 Å². The van der Waals surface area contributed by atoms with Crippen LogP contribution in [0.15, 0.2) is 40.3 Å². The SMILES string of the molecule is NC(N)=NC1=NC(=O)[C@H](Cc2ccccc2)S1. The Kier molecular flexibility index (Phi) is 3.43. The van der Waals surface area contributed by atoms with E-state index in [0.717, 1.165) is 5.56 Å². The van der Waals surface area contributed by atoms with Crippen LogP contribution >= 0.6 is 11.8 Å². The molecule has 0 aromatic heterocycles. The lowest BCUT2D eigenvalue weighted by atomic mass is 10.1. The van der Waals surface area contributed by atoms with Crippen LogP contribution in [0, 0.1) is 0 Å². The molecule has 1 amide bonds. The fourth-order valence-corrected chi connectivity index (χ4v) is 2.47. The van der Waals surface area contributed by atoms with Crippen molar-refractivity contribution in [3.8, 4) is 0 Å². The fourth-order valence-electron chi connectivity index (χ4n) is 1.49. The minimum absolute atomic E-state index is 0.0792. The summed E-state index contributed by atoms with van der Waals surface area (Å²) in [7, 11) is 0. The van der Waals surface area contributed by atoms with E-state index in [1.165, 1.54) is 11.8 Å². The zero-order chi connectivity index (χ0) is 12.3. The van der Waals surface area contributed by atoms with E-state index in [1.807, 2.05) is 30.3 Å². The van der Waals surface area contributed by atoms with Gasteiger partial charge in [0.05, 0.1) is 5.25 Å². The van der Waals surface area contributed by atoms with E-state index in [1.54, 1.807) is 0 Å². The summed E-state index contributed by atoms with van der Waals surface area (Å²) < 4.78 is 0. The van der Waals surface area contributed by atoms with Gasteiger partial charge in [0.1, 0.15) is 0 Å². The van der Waals surface area contributed by atoms with Gasteiger partial charge in [-0.1, -0.05) is 42.1 Å². The monoisotopic (exact) mass is 248 g/mol. The molecule has 6 heteroatoms. The molecule has 0 saturated heterocycles. The van der Waals surface area contributed by atoms with E-state index in [4.69, 9.17) is 11.5 Å². The Balaban J connectivity index is 2.03. The summed E-state index contributed by atoms with van der Waals surface area (Å²) in [6, 6.07) is 9.78. The number of amides is 1. The van der Waals surface area contributed by atoms with E-state index in [-0.39, 0.29) is 17.1 Å². The predicted molar refractivity (Wildman–Crippen MR) is 69.8 cm³/mol. The number of nitrogens with two attached hydrogens (primary N) is 2. The molecule has 1 heterocycles. The molecule has 88 valence electrons. The van der Waals surface area contributed by atoms with Crippen LogP contribution in [0.1, 0.15) is 5.56 Å². The normalized spacial score (nSPS) is 18.9. The topological polar surface area (TPSA) is 93.8 Å². The Labute approximate surface area is 103 Å². The number of benzene rings is 1. The Hall–Kier alpha value is -1.82. The molecular formula is C11H12N4OS. The second kappa shape index (κ2) is 5.01. The van der Waals surface area contributed by atoms with E-state index in [2.05, 4.69) is 9.98 Å². The van der Waals surface area contributed by atoms with Crippen molar-refractivity contribution in [1.29, 1.82) is 0 Å². The summed E-state index contributed by atoms with van der Waals surface area (Å²) >= 11 is 1.29. The van der Waals surface area contributed by atoms with E-state index in [9.17, 15) is 4.79 Å². The van der Waals surface area contributed by atoms with Crippen molar-refractivity contribution < 1.29 is 4.79 Å². The first kappa shape index (κ1) is 11.7. The van der Waals surface area contributed by atoms with Crippen molar-refractivity contribution in [3.05, 3.63) is 35.9 Å². The maximum Gasteiger partial charge on any atom is 0.262 e. The summed E-state index contributed by atoms with van der Waals surface area (Å²) in [5, 5.41) is 0.117. The Morgan fingerprint density at radius 3 is 2.71 bits per heavy atom. The van der Waals surface area contributed by atoms with Crippen molar-refractivity contribution in [2.24, 2.45) is 21.5 Å². The van der Waals surface area contributed by atoms with Crippen molar-refractivity contribution in [1.82, 2.24) is 0 Å². The molecule has 17 heavy (non-hydrogen) atoms. The molecule has 4 N–H and O–H groups in total. The summed E-state index contributed by atoms with van der Waals surface area (Å²) in [5.74, 6) is -0.261. The molecule has 0 spiro atoms. The van der Waals surface area contributed by atoms with Crippen LogP contribution in [0.5, 0.6) is 0 Å². The van der Waals surface area contributed by atoms with Crippen molar-refractivity contribution >= 4 is 28.8 Å². The average Bonchev–Trinajstić information content (AvgIpc) is 2.59. The number of hydrogen-bond donors (Lipinski definition) is 2. The van der Waals surface area contributed by atoms with Crippen molar-refractivity contribution in [2.45, 2.75) is 11.7 Å². The van der Waals surface area contributed by atoms with Gasteiger partial charge < -0.3 is 11.5 Å². The third kappa shape index (κ3) is 3.07. The molecule has 0 radical (unpaired) electrons. The second-order valence-corrected chi connectivity index (χ2v) is 4.74. The van der Waals surface area contributed by atoms with Crippen LogP contribution in [0.4, 0.5) is 0 Å². The average molecular weight is 248 g/mol. The smallest absolute Gasteiger partial charge is 0.262 e. The lowest BCUT2D eigenvalue weighted by molar-refractivity contribution is -0.117. The number of thioether (sulfide) groups is 1. The minimum Gasteiger partial charge on any atom is -0.370 e. The number of carbonyl (C=O) groups is 1. The van der Waals surface area contributed by atoms with Gasteiger partial charge in [0, 0.05) is 0 Å². The van der Waals surface area contributed by atoms with Crippen molar-refractivity contribution in [2.75, 3.05) is 0 Å². The number of hydrogen-bond acceptors (Lipinski definition) is 3. The molecule has 1 aromatic rings. The standard InChI is InChI=1S/C11H12N4OS/c12-10(13)15-11-14-9(16)8(17-11)6-7-4-2-1-3-5-7/h1-5,8H,6H2,(H4,12,13,14,15,16)/t8-/m0/s1. The number of rotatable bonds is 2. The predicted octanol–water partition coefficient (Wildman–Crippen LogP) is 0.501. The lowest BCUT2D eigenvalue weighted by Gasteiger charge is -2.05.